The van der Waals surface area contributed by atoms with Crippen molar-refractivity contribution in [2.45, 2.75) is 38.6 Å². The third-order valence-corrected chi connectivity index (χ3v) is 5.67. The molecule has 0 aliphatic rings. The largest absolute Gasteiger partial charge is 0.354 e. The zero-order valence-corrected chi connectivity index (χ0v) is 17.4. The summed E-state index contributed by atoms with van der Waals surface area (Å²) in [6.45, 7) is 1.92. The van der Waals surface area contributed by atoms with Gasteiger partial charge in [-0.05, 0) is 43.9 Å². The first kappa shape index (κ1) is 22.8. The average molecular weight is 425 g/mol. The molecule has 2 rings (SSSR count). The molecular formula is C21H26F2N2O3S. The van der Waals surface area contributed by atoms with E-state index in [1.807, 2.05) is 37.3 Å². The summed E-state index contributed by atoms with van der Waals surface area (Å²) < 4.78 is 51.6. The van der Waals surface area contributed by atoms with Gasteiger partial charge in [0.25, 0.3) is 0 Å². The Hall–Kier alpha value is -2.48. The highest BCUT2D eigenvalue weighted by molar-refractivity contribution is 7.92. The summed E-state index contributed by atoms with van der Waals surface area (Å²) in [5, 5.41) is 2.90. The minimum Gasteiger partial charge on any atom is -0.354 e. The first-order valence-corrected chi connectivity index (χ1v) is 11.3. The summed E-state index contributed by atoms with van der Waals surface area (Å²) in [7, 11) is -3.70. The molecule has 0 aliphatic carbocycles. The Balaban J connectivity index is 1.83. The average Bonchev–Trinajstić information content (AvgIpc) is 2.66. The van der Waals surface area contributed by atoms with Crippen molar-refractivity contribution in [3.05, 3.63) is 65.7 Å². The number of hydrogen-bond acceptors (Lipinski definition) is 3. The predicted molar refractivity (Wildman–Crippen MR) is 110 cm³/mol. The number of sulfonamides is 1. The molecule has 1 atom stereocenters. The van der Waals surface area contributed by atoms with Crippen LogP contribution in [0.2, 0.25) is 0 Å². The number of rotatable bonds is 10. The van der Waals surface area contributed by atoms with Crippen molar-refractivity contribution in [3.8, 4) is 0 Å². The fraction of sp³-hybridized carbons (Fsp3) is 0.381. The van der Waals surface area contributed by atoms with E-state index >= 15 is 0 Å². The fourth-order valence-electron chi connectivity index (χ4n) is 2.96. The lowest BCUT2D eigenvalue weighted by molar-refractivity contribution is -0.121. The third-order valence-electron chi connectivity index (χ3n) is 4.47. The number of carbonyl (C=O) groups is 1. The van der Waals surface area contributed by atoms with Crippen molar-refractivity contribution in [1.82, 2.24) is 5.32 Å². The van der Waals surface area contributed by atoms with Crippen LogP contribution in [0.15, 0.2) is 48.5 Å². The van der Waals surface area contributed by atoms with Crippen LogP contribution in [0.5, 0.6) is 0 Å². The molecule has 2 aromatic rings. The summed E-state index contributed by atoms with van der Waals surface area (Å²) in [5.74, 6) is -2.35. The van der Waals surface area contributed by atoms with Crippen LogP contribution in [-0.2, 0) is 21.2 Å². The lowest BCUT2D eigenvalue weighted by Crippen LogP contribution is -2.35. The van der Waals surface area contributed by atoms with E-state index in [1.54, 1.807) is 0 Å². The number of amides is 1. The third kappa shape index (κ3) is 7.45. The lowest BCUT2D eigenvalue weighted by atomic mass is 10.1. The number of anilines is 1. The molecule has 29 heavy (non-hydrogen) atoms. The Morgan fingerprint density at radius 2 is 1.79 bits per heavy atom. The minimum atomic E-state index is -3.70. The number of hydrogen-bond donors (Lipinski definition) is 1. The molecule has 0 unspecified atom stereocenters. The Kier molecular flexibility index (Phi) is 8.13. The van der Waals surface area contributed by atoms with Crippen molar-refractivity contribution < 1.29 is 22.0 Å². The SMILES string of the molecule is C[C@H](CCc1ccccc1)NC(=O)CCCN(c1ccc(F)c(F)c1)S(C)(=O)=O. The Bertz CT molecular complexity index is 921. The predicted octanol–water partition coefficient (Wildman–Crippen LogP) is 3.65. The van der Waals surface area contributed by atoms with Gasteiger partial charge in [0.15, 0.2) is 11.6 Å². The lowest BCUT2D eigenvalue weighted by Gasteiger charge is -2.22. The van der Waals surface area contributed by atoms with Crippen molar-refractivity contribution in [2.24, 2.45) is 0 Å². The Morgan fingerprint density at radius 1 is 1.10 bits per heavy atom. The van der Waals surface area contributed by atoms with Gasteiger partial charge in [0, 0.05) is 25.1 Å². The second-order valence-corrected chi connectivity index (χ2v) is 8.94. The topological polar surface area (TPSA) is 66.5 Å². The van der Waals surface area contributed by atoms with Gasteiger partial charge in [-0.15, -0.1) is 0 Å². The van der Waals surface area contributed by atoms with E-state index in [0.29, 0.717) is 0 Å². The number of aryl methyl sites for hydroxylation is 1. The van der Waals surface area contributed by atoms with Crippen LogP contribution in [-0.4, -0.2) is 33.2 Å². The van der Waals surface area contributed by atoms with Gasteiger partial charge in [-0.3, -0.25) is 9.10 Å². The quantitative estimate of drug-likeness (QED) is 0.633. The molecule has 0 fully saturated rings. The minimum absolute atomic E-state index is 0.00424. The maximum absolute atomic E-state index is 13.5. The first-order valence-electron chi connectivity index (χ1n) is 9.43. The van der Waals surface area contributed by atoms with Crippen LogP contribution < -0.4 is 9.62 Å². The highest BCUT2D eigenvalue weighted by Crippen LogP contribution is 2.21. The van der Waals surface area contributed by atoms with Crippen molar-refractivity contribution >= 4 is 21.6 Å². The van der Waals surface area contributed by atoms with Gasteiger partial charge in [-0.25, -0.2) is 17.2 Å². The van der Waals surface area contributed by atoms with Crippen LogP contribution in [0.1, 0.15) is 31.7 Å². The van der Waals surface area contributed by atoms with Crippen LogP contribution >= 0.6 is 0 Å². The molecule has 0 bridgehead atoms. The number of carbonyl (C=O) groups excluding carboxylic acids is 1. The summed E-state index contributed by atoms with van der Waals surface area (Å²) in [5.41, 5.74) is 1.23. The van der Waals surface area contributed by atoms with Crippen LogP contribution in [0.3, 0.4) is 0 Å². The van der Waals surface area contributed by atoms with Gasteiger partial charge >= 0.3 is 0 Å². The van der Waals surface area contributed by atoms with Crippen molar-refractivity contribution in [2.75, 3.05) is 17.1 Å². The summed E-state index contributed by atoms with van der Waals surface area (Å²) in [4.78, 5) is 12.1. The van der Waals surface area contributed by atoms with E-state index in [9.17, 15) is 22.0 Å². The molecule has 0 radical (unpaired) electrons. The molecule has 0 aromatic heterocycles. The molecule has 1 amide bonds. The van der Waals surface area contributed by atoms with E-state index in [4.69, 9.17) is 0 Å². The number of benzene rings is 2. The van der Waals surface area contributed by atoms with Crippen LogP contribution in [0.4, 0.5) is 14.5 Å². The highest BCUT2D eigenvalue weighted by Gasteiger charge is 2.19. The summed E-state index contributed by atoms with van der Waals surface area (Å²) >= 11 is 0. The number of nitrogens with one attached hydrogen (secondary N) is 1. The monoisotopic (exact) mass is 424 g/mol. The Labute approximate surface area is 170 Å². The molecule has 0 spiro atoms. The number of halogens is 2. The molecule has 0 saturated heterocycles. The summed E-state index contributed by atoms with van der Waals surface area (Å²) in [6.07, 6.45) is 3.01. The fourth-order valence-corrected chi connectivity index (χ4v) is 3.91. The molecule has 0 saturated carbocycles. The maximum Gasteiger partial charge on any atom is 0.232 e. The van der Waals surface area contributed by atoms with Crippen LogP contribution in [0.25, 0.3) is 0 Å². The van der Waals surface area contributed by atoms with Gasteiger partial charge in [-0.1, -0.05) is 30.3 Å². The highest BCUT2D eigenvalue weighted by atomic mass is 32.2. The molecular weight excluding hydrogens is 398 g/mol. The van der Waals surface area contributed by atoms with Gasteiger partial charge in [-0.2, -0.15) is 0 Å². The van der Waals surface area contributed by atoms with Gasteiger partial charge in [0.2, 0.25) is 15.9 Å². The molecule has 2 aromatic carbocycles. The van der Waals surface area contributed by atoms with E-state index in [0.717, 1.165) is 35.5 Å². The van der Waals surface area contributed by atoms with E-state index in [1.165, 1.54) is 11.6 Å². The normalized spacial score (nSPS) is 12.4. The number of nitrogens with zero attached hydrogens (tertiary/aromatic N) is 1. The van der Waals surface area contributed by atoms with Gasteiger partial charge in [0.05, 0.1) is 11.9 Å². The van der Waals surface area contributed by atoms with E-state index in [2.05, 4.69) is 5.32 Å². The zero-order valence-electron chi connectivity index (χ0n) is 16.6. The molecule has 1 N–H and O–H groups in total. The second-order valence-electron chi connectivity index (χ2n) is 7.03. The zero-order chi connectivity index (χ0) is 21.4. The van der Waals surface area contributed by atoms with Crippen molar-refractivity contribution in [1.29, 1.82) is 0 Å². The standard InChI is InChI=1S/C21H26F2N2O3S/c1-16(10-11-17-7-4-3-5-8-17)24-21(26)9-6-14-25(29(2,27)28)18-12-13-19(22)20(23)15-18/h3-5,7-8,12-13,15-16H,6,9-11,14H2,1-2H3,(H,24,26)/t16-/m1/s1. The Morgan fingerprint density at radius 3 is 2.41 bits per heavy atom. The maximum atomic E-state index is 13.5. The molecule has 5 nitrogen and oxygen atoms in total. The van der Waals surface area contributed by atoms with E-state index < -0.39 is 21.7 Å². The van der Waals surface area contributed by atoms with Gasteiger partial charge in [0.1, 0.15) is 0 Å². The molecule has 158 valence electrons. The van der Waals surface area contributed by atoms with Crippen molar-refractivity contribution in [3.63, 3.8) is 0 Å². The molecule has 0 aliphatic heterocycles. The molecule has 0 heterocycles. The molecule has 8 heteroatoms. The van der Waals surface area contributed by atoms with Gasteiger partial charge < -0.3 is 5.32 Å². The van der Waals surface area contributed by atoms with E-state index in [-0.39, 0.29) is 37.0 Å². The van der Waals surface area contributed by atoms with Crippen LogP contribution in [0, 0.1) is 11.6 Å². The second kappa shape index (κ2) is 10.3. The summed E-state index contributed by atoms with van der Waals surface area (Å²) in [6, 6.07) is 12.9. The first-order chi connectivity index (χ1) is 13.7. The smallest absolute Gasteiger partial charge is 0.232 e.